The lowest BCUT2D eigenvalue weighted by atomic mass is 9.68. The van der Waals surface area contributed by atoms with Crippen molar-refractivity contribution in [3.8, 4) is 0 Å². The van der Waals surface area contributed by atoms with Gasteiger partial charge in [0.2, 0.25) is 0 Å². The molecule has 0 atom stereocenters. The van der Waals surface area contributed by atoms with Gasteiger partial charge in [0.1, 0.15) is 0 Å². The molecule has 3 rings (SSSR count). The number of hydrogen-bond donors (Lipinski definition) is 2. The summed E-state index contributed by atoms with van der Waals surface area (Å²) in [6.45, 7) is 6.74. The van der Waals surface area contributed by atoms with Gasteiger partial charge in [-0.2, -0.15) is 0 Å². The lowest BCUT2D eigenvalue weighted by molar-refractivity contribution is -0.113. The maximum absolute atomic E-state index is 13.2. The van der Waals surface area contributed by atoms with Crippen LogP contribution in [0, 0.1) is 11.3 Å². The Balaban J connectivity index is 1.99. The van der Waals surface area contributed by atoms with Crippen LogP contribution in [0.1, 0.15) is 44.7 Å². The number of Topliss-reactive ketones (excluding diaryl/α,β-unsaturated/α-hetero) is 1. The second kappa shape index (κ2) is 7.43. The van der Waals surface area contributed by atoms with Gasteiger partial charge in [-0.3, -0.25) is 4.79 Å². The van der Waals surface area contributed by atoms with Gasteiger partial charge < -0.3 is 11.5 Å². The van der Waals surface area contributed by atoms with Crippen molar-refractivity contribution in [2.24, 2.45) is 11.3 Å². The third-order valence-corrected chi connectivity index (χ3v) is 5.30. The topological polar surface area (TPSA) is 69.1 Å². The smallest absolute Gasteiger partial charge is 0.185 e. The van der Waals surface area contributed by atoms with Crippen molar-refractivity contribution < 1.29 is 4.79 Å². The van der Waals surface area contributed by atoms with Gasteiger partial charge in [0.25, 0.3) is 0 Å². The van der Waals surface area contributed by atoms with Gasteiger partial charge in [0, 0.05) is 22.5 Å². The van der Waals surface area contributed by atoms with Crippen LogP contribution in [0.3, 0.4) is 0 Å². The number of benzene rings is 2. The fourth-order valence-electron chi connectivity index (χ4n) is 3.44. The largest absolute Gasteiger partial charge is 0.399 e. The molecule has 0 radical (unpaired) electrons. The van der Waals surface area contributed by atoms with E-state index in [0.717, 1.165) is 46.5 Å². The molecule has 2 aromatic rings. The first-order chi connectivity index (χ1) is 12.7. The van der Waals surface area contributed by atoms with Gasteiger partial charge in [0.05, 0.1) is 0 Å². The van der Waals surface area contributed by atoms with E-state index in [4.69, 9.17) is 11.5 Å². The summed E-state index contributed by atoms with van der Waals surface area (Å²) in [4.78, 5) is 13.2. The Hall–Kier alpha value is -2.81. The molecule has 1 aliphatic carbocycles. The van der Waals surface area contributed by atoms with Crippen LogP contribution in [0.4, 0.5) is 11.4 Å². The van der Waals surface area contributed by atoms with Crippen molar-refractivity contribution in [1.82, 2.24) is 0 Å². The number of nitrogen functional groups attached to an aromatic ring is 2. The summed E-state index contributed by atoms with van der Waals surface area (Å²) < 4.78 is 0. The van der Waals surface area contributed by atoms with Crippen molar-refractivity contribution in [2.75, 3.05) is 11.5 Å². The van der Waals surface area contributed by atoms with Gasteiger partial charge in [0.15, 0.2) is 5.78 Å². The fourth-order valence-corrected chi connectivity index (χ4v) is 3.44. The van der Waals surface area contributed by atoms with E-state index in [2.05, 4.69) is 20.8 Å². The molecule has 2 aromatic carbocycles. The molecule has 0 heterocycles. The molecule has 140 valence electrons. The molecule has 4 N–H and O–H groups in total. The highest BCUT2D eigenvalue weighted by molar-refractivity contribution is 6.14. The van der Waals surface area contributed by atoms with Gasteiger partial charge in [-0.15, -0.1) is 0 Å². The van der Waals surface area contributed by atoms with E-state index < -0.39 is 0 Å². The van der Waals surface area contributed by atoms with Gasteiger partial charge in [-0.05, 0) is 71.7 Å². The molecule has 27 heavy (non-hydrogen) atoms. The number of nitrogens with two attached hydrogens (primary N) is 2. The zero-order valence-electron chi connectivity index (χ0n) is 16.3. The summed E-state index contributed by atoms with van der Waals surface area (Å²) in [5.41, 5.74) is 16.9. The first-order valence-corrected chi connectivity index (χ1v) is 9.39. The Morgan fingerprint density at radius 3 is 1.48 bits per heavy atom. The van der Waals surface area contributed by atoms with Crippen molar-refractivity contribution in [3.05, 3.63) is 70.8 Å². The molecule has 0 amide bonds. The van der Waals surface area contributed by atoms with E-state index in [0.29, 0.717) is 5.92 Å². The highest BCUT2D eigenvalue weighted by atomic mass is 16.1. The first-order valence-electron chi connectivity index (χ1n) is 9.39. The predicted octanol–water partition coefficient (Wildman–Crippen LogP) is 5.34. The van der Waals surface area contributed by atoms with Crippen LogP contribution >= 0.6 is 0 Å². The number of hydrogen-bond acceptors (Lipinski definition) is 3. The zero-order valence-corrected chi connectivity index (χ0v) is 16.3. The number of rotatable bonds is 2. The van der Waals surface area contributed by atoms with Crippen LogP contribution in [0.2, 0.25) is 0 Å². The predicted molar refractivity (Wildman–Crippen MR) is 115 cm³/mol. The van der Waals surface area contributed by atoms with Gasteiger partial charge >= 0.3 is 0 Å². The summed E-state index contributed by atoms with van der Waals surface area (Å²) in [6.07, 6.45) is 5.62. The highest BCUT2D eigenvalue weighted by Gasteiger charge is 2.34. The summed E-state index contributed by atoms with van der Waals surface area (Å²) in [5.74, 6) is 0.555. The Morgan fingerprint density at radius 1 is 0.778 bits per heavy atom. The van der Waals surface area contributed by atoms with E-state index in [-0.39, 0.29) is 11.2 Å². The molecule has 0 saturated heterocycles. The van der Waals surface area contributed by atoms with E-state index in [1.165, 1.54) is 0 Å². The maximum atomic E-state index is 13.2. The Bertz CT molecular complexity index is 814. The zero-order chi connectivity index (χ0) is 19.6. The lowest BCUT2D eigenvalue weighted by Crippen LogP contribution is -2.29. The van der Waals surface area contributed by atoms with Gasteiger partial charge in [-0.1, -0.05) is 45.0 Å². The summed E-state index contributed by atoms with van der Waals surface area (Å²) in [6, 6.07) is 15.3. The molecule has 0 aromatic heterocycles. The highest BCUT2D eigenvalue weighted by Crippen LogP contribution is 2.42. The van der Waals surface area contributed by atoms with Crippen molar-refractivity contribution in [3.63, 3.8) is 0 Å². The standard InChI is InChI=1S/C24H28N2O/c1-24(2,3)20-14-18(12-16-4-8-21(25)9-5-16)23(27)19(15-20)13-17-6-10-22(26)11-7-17/h4-13,20H,14-15,25-26H2,1-3H3. The van der Waals surface area contributed by atoms with Crippen LogP contribution in [0.15, 0.2) is 59.7 Å². The molecule has 3 nitrogen and oxygen atoms in total. The molecule has 3 heteroatoms. The SMILES string of the molecule is CC(C)(C)C1CC(=Cc2ccc(N)cc2)C(=O)C(=Cc2ccc(N)cc2)C1. The van der Waals surface area contributed by atoms with E-state index >= 15 is 0 Å². The van der Waals surface area contributed by atoms with Gasteiger partial charge in [-0.25, -0.2) is 0 Å². The minimum absolute atomic E-state index is 0.126. The molecule has 0 aliphatic heterocycles. The molecular formula is C24H28N2O. The minimum atomic E-state index is 0.126. The third-order valence-electron chi connectivity index (χ3n) is 5.30. The normalized spacial score (nSPS) is 21.0. The Labute approximate surface area is 161 Å². The van der Waals surface area contributed by atoms with Crippen LogP contribution in [0.5, 0.6) is 0 Å². The average molecular weight is 361 g/mol. The summed E-state index contributed by atoms with van der Waals surface area (Å²) in [5, 5.41) is 0. The quantitative estimate of drug-likeness (QED) is 0.561. The molecule has 0 bridgehead atoms. The number of ketones is 1. The van der Waals surface area contributed by atoms with Crippen LogP contribution in [-0.2, 0) is 4.79 Å². The number of carbonyl (C=O) groups excluding carboxylic acids is 1. The summed E-state index contributed by atoms with van der Waals surface area (Å²) in [7, 11) is 0. The van der Waals surface area contributed by atoms with E-state index in [1.54, 1.807) is 0 Å². The van der Waals surface area contributed by atoms with Crippen LogP contribution in [0.25, 0.3) is 12.2 Å². The molecule has 1 fully saturated rings. The Kier molecular flexibility index (Phi) is 5.22. The first kappa shape index (κ1) is 19.0. The second-order valence-electron chi connectivity index (χ2n) is 8.47. The van der Waals surface area contributed by atoms with Crippen molar-refractivity contribution in [1.29, 1.82) is 0 Å². The van der Waals surface area contributed by atoms with E-state index in [1.807, 2.05) is 60.7 Å². The van der Waals surface area contributed by atoms with Crippen LogP contribution in [-0.4, -0.2) is 5.78 Å². The molecular weight excluding hydrogens is 332 g/mol. The second-order valence-corrected chi connectivity index (χ2v) is 8.47. The Morgan fingerprint density at radius 2 is 1.15 bits per heavy atom. The molecule has 0 spiro atoms. The maximum Gasteiger partial charge on any atom is 0.185 e. The number of allylic oxidation sites excluding steroid dienone is 2. The molecule has 0 unspecified atom stereocenters. The summed E-state index contributed by atoms with van der Waals surface area (Å²) >= 11 is 0. The third kappa shape index (κ3) is 4.68. The number of anilines is 2. The van der Waals surface area contributed by atoms with Crippen LogP contribution < -0.4 is 11.5 Å². The fraction of sp³-hybridized carbons (Fsp3) is 0.292. The monoisotopic (exact) mass is 360 g/mol. The van der Waals surface area contributed by atoms with Crippen molar-refractivity contribution in [2.45, 2.75) is 33.6 Å². The molecule has 1 aliphatic rings. The van der Waals surface area contributed by atoms with Crippen molar-refractivity contribution >= 4 is 29.3 Å². The molecule has 1 saturated carbocycles. The number of carbonyl (C=O) groups is 1. The minimum Gasteiger partial charge on any atom is -0.399 e. The lowest BCUT2D eigenvalue weighted by Gasteiger charge is -2.35. The average Bonchev–Trinajstić information content (AvgIpc) is 2.61. The van der Waals surface area contributed by atoms with E-state index in [9.17, 15) is 4.79 Å².